The van der Waals surface area contributed by atoms with E-state index in [0.29, 0.717) is 31.5 Å². The first-order valence-corrected chi connectivity index (χ1v) is 9.59. The van der Waals surface area contributed by atoms with Crippen LogP contribution in [-0.4, -0.2) is 53.8 Å². The third-order valence-corrected chi connectivity index (χ3v) is 5.96. The summed E-state index contributed by atoms with van der Waals surface area (Å²) in [5.41, 5.74) is 6.07. The SMILES string of the molecule is CC1CCC(N2CC(C(=O)N(C)CCC(N)C(C)C)CC2=O)CC1. The second-order valence-electron chi connectivity index (χ2n) is 8.32. The highest BCUT2D eigenvalue weighted by molar-refractivity contribution is 5.89. The number of nitrogens with two attached hydrogens (primary N) is 1. The summed E-state index contributed by atoms with van der Waals surface area (Å²) in [5, 5.41) is 0. The molecule has 0 spiro atoms. The minimum atomic E-state index is -0.169. The van der Waals surface area contributed by atoms with E-state index in [1.807, 2.05) is 11.9 Å². The van der Waals surface area contributed by atoms with E-state index < -0.39 is 0 Å². The van der Waals surface area contributed by atoms with Crippen LogP contribution in [0.3, 0.4) is 0 Å². The Labute approximate surface area is 146 Å². The van der Waals surface area contributed by atoms with Gasteiger partial charge in [0.1, 0.15) is 0 Å². The topological polar surface area (TPSA) is 66.6 Å². The van der Waals surface area contributed by atoms with Crippen molar-refractivity contribution < 1.29 is 9.59 Å². The van der Waals surface area contributed by atoms with Gasteiger partial charge in [-0.3, -0.25) is 9.59 Å². The second kappa shape index (κ2) is 8.32. The third-order valence-electron chi connectivity index (χ3n) is 5.96. The molecule has 1 saturated heterocycles. The summed E-state index contributed by atoms with van der Waals surface area (Å²) in [7, 11) is 1.84. The Morgan fingerprint density at radius 3 is 2.50 bits per heavy atom. The Kier molecular flexibility index (Phi) is 6.67. The summed E-state index contributed by atoms with van der Waals surface area (Å²) in [4.78, 5) is 28.8. The van der Waals surface area contributed by atoms with Gasteiger partial charge < -0.3 is 15.5 Å². The van der Waals surface area contributed by atoms with Crippen LogP contribution in [0, 0.1) is 17.8 Å². The number of carbonyl (C=O) groups excluding carboxylic acids is 2. The summed E-state index contributed by atoms with van der Waals surface area (Å²) < 4.78 is 0. The quantitative estimate of drug-likeness (QED) is 0.808. The molecule has 2 aliphatic rings. The molecule has 1 heterocycles. The number of carbonyl (C=O) groups is 2. The molecule has 24 heavy (non-hydrogen) atoms. The molecule has 2 N–H and O–H groups in total. The van der Waals surface area contributed by atoms with E-state index in [0.717, 1.165) is 25.2 Å². The van der Waals surface area contributed by atoms with Crippen LogP contribution in [0.2, 0.25) is 0 Å². The summed E-state index contributed by atoms with van der Waals surface area (Å²) in [6.07, 6.45) is 5.76. The van der Waals surface area contributed by atoms with E-state index in [1.165, 1.54) is 12.8 Å². The molecule has 5 nitrogen and oxygen atoms in total. The lowest BCUT2D eigenvalue weighted by atomic mass is 9.86. The van der Waals surface area contributed by atoms with Gasteiger partial charge in [0.25, 0.3) is 0 Å². The molecular weight excluding hydrogens is 302 g/mol. The molecule has 1 aliphatic carbocycles. The fraction of sp³-hybridized carbons (Fsp3) is 0.895. The van der Waals surface area contributed by atoms with Crippen LogP contribution in [0.4, 0.5) is 0 Å². The first kappa shape index (κ1) is 19.2. The number of hydrogen-bond acceptors (Lipinski definition) is 3. The van der Waals surface area contributed by atoms with Crippen molar-refractivity contribution >= 4 is 11.8 Å². The van der Waals surface area contributed by atoms with Gasteiger partial charge >= 0.3 is 0 Å². The smallest absolute Gasteiger partial charge is 0.227 e. The van der Waals surface area contributed by atoms with E-state index in [2.05, 4.69) is 20.8 Å². The predicted molar refractivity (Wildman–Crippen MR) is 96.3 cm³/mol. The molecule has 2 fully saturated rings. The van der Waals surface area contributed by atoms with E-state index in [1.54, 1.807) is 4.90 Å². The zero-order valence-corrected chi connectivity index (χ0v) is 15.8. The van der Waals surface area contributed by atoms with Crippen molar-refractivity contribution in [3.63, 3.8) is 0 Å². The van der Waals surface area contributed by atoms with Crippen LogP contribution in [0.5, 0.6) is 0 Å². The average Bonchev–Trinajstić information content (AvgIpc) is 2.93. The molecule has 2 amide bonds. The Hall–Kier alpha value is -1.10. The normalized spacial score (nSPS) is 29.2. The van der Waals surface area contributed by atoms with Gasteiger partial charge in [-0.2, -0.15) is 0 Å². The maximum atomic E-state index is 12.7. The van der Waals surface area contributed by atoms with Gasteiger partial charge in [-0.25, -0.2) is 0 Å². The summed E-state index contributed by atoms with van der Waals surface area (Å²) in [6, 6.07) is 0.470. The molecule has 0 radical (unpaired) electrons. The fourth-order valence-electron chi connectivity index (χ4n) is 3.90. The molecule has 0 aromatic rings. The molecule has 5 heteroatoms. The van der Waals surface area contributed by atoms with Crippen LogP contribution in [0.1, 0.15) is 59.3 Å². The van der Waals surface area contributed by atoms with Gasteiger partial charge in [-0.05, 0) is 43.9 Å². The Balaban J connectivity index is 1.84. The van der Waals surface area contributed by atoms with E-state index in [-0.39, 0.29) is 23.8 Å². The first-order valence-electron chi connectivity index (χ1n) is 9.59. The standard InChI is InChI=1S/C19H35N3O2/c1-13(2)17(20)9-10-21(4)19(24)15-11-18(23)22(12-15)16-7-5-14(3)6-8-16/h13-17H,5-12,20H2,1-4H3. The molecule has 138 valence electrons. The Morgan fingerprint density at radius 1 is 1.29 bits per heavy atom. The molecule has 1 saturated carbocycles. The highest BCUT2D eigenvalue weighted by atomic mass is 16.2. The molecular formula is C19H35N3O2. The maximum absolute atomic E-state index is 12.7. The van der Waals surface area contributed by atoms with E-state index in [9.17, 15) is 9.59 Å². The number of rotatable bonds is 6. The lowest BCUT2D eigenvalue weighted by molar-refractivity contribution is -0.134. The van der Waals surface area contributed by atoms with Crippen molar-refractivity contribution in [2.75, 3.05) is 20.1 Å². The van der Waals surface area contributed by atoms with Crippen molar-refractivity contribution in [3.05, 3.63) is 0 Å². The highest BCUT2D eigenvalue weighted by Gasteiger charge is 2.39. The lowest BCUT2D eigenvalue weighted by Gasteiger charge is -2.33. The zero-order valence-electron chi connectivity index (χ0n) is 15.8. The Bertz CT molecular complexity index is 444. The second-order valence-corrected chi connectivity index (χ2v) is 8.32. The van der Waals surface area contributed by atoms with Crippen LogP contribution >= 0.6 is 0 Å². The maximum Gasteiger partial charge on any atom is 0.227 e. The predicted octanol–water partition coefficient (Wildman–Crippen LogP) is 2.25. The van der Waals surface area contributed by atoms with Crippen molar-refractivity contribution in [2.24, 2.45) is 23.5 Å². The molecule has 0 aromatic heterocycles. The van der Waals surface area contributed by atoms with E-state index >= 15 is 0 Å². The van der Waals surface area contributed by atoms with Crippen molar-refractivity contribution in [2.45, 2.75) is 71.4 Å². The van der Waals surface area contributed by atoms with E-state index in [4.69, 9.17) is 5.73 Å². The summed E-state index contributed by atoms with van der Waals surface area (Å²) in [6.45, 7) is 7.77. The molecule has 2 atom stereocenters. The average molecular weight is 338 g/mol. The minimum Gasteiger partial charge on any atom is -0.345 e. The molecule has 0 aromatic carbocycles. The minimum absolute atomic E-state index is 0.103. The lowest BCUT2D eigenvalue weighted by Crippen LogP contribution is -2.41. The van der Waals surface area contributed by atoms with Crippen LogP contribution in [0.25, 0.3) is 0 Å². The van der Waals surface area contributed by atoms with Crippen LogP contribution in [-0.2, 0) is 9.59 Å². The molecule has 1 aliphatic heterocycles. The fourth-order valence-corrected chi connectivity index (χ4v) is 3.90. The number of amides is 2. The summed E-state index contributed by atoms with van der Waals surface area (Å²) >= 11 is 0. The number of likely N-dealkylation sites (tertiary alicyclic amines) is 1. The Morgan fingerprint density at radius 2 is 1.92 bits per heavy atom. The van der Waals surface area contributed by atoms with Crippen molar-refractivity contribution in [3.8, 4) is 0 Å². The number of nitrogens with zero attached hydrogens (tertiary/aromatic N) is 2. The first-order chi connectivity index (χ1) is 11.3. The number of hydrogen-bond donors (Lipinski definition) is 1. The van der Waals surface area contributed by atoms with Crippen LogP contribution in [0.15, 0.2) is 0 Å². The molecule has 2 unspecified atom stereocenters. The van der Waals surface area contributed by atoms with Gasteiger partial charge in [0, 0.05) is 38.6 Å². The molecule has 0 bridgehead atoms. The van der Waals surface area contributed by atoms with Gasteiger partial charge in [-0.15, -0.1) is 0 Å². The highest BCUT2D eigenvalue weighted by Crippen LogP contribution is 2.31. The van der Waals surface area contributed by atoms with Crippen LogP contribution < -0.4 is 5.73 Å². The monoisotopic (exact) mass is 337 g/mol. The molecule has 2 rings (SSSR count). The third kappa shape index (κ3) is 4.71. The zero-order chi connectivity index (χ0) is 17.9. The van der Waals surface area contributed by atoms with Gasteiger partial charge in [-0.1, -0.05) is 20.8 Å². The van der Waals surface area contributed by atoms with Crippen molar-refractivity contribution in [1.29, 1.82) is 0 Å². The van der Waals surface area contributed by atoms with Gasteiger partial charge in [0.2, 0.25) is 11.8 Å². The van der Waals surface area contributed by atoms with Crippen molar-refractivity contribution in [1.82, 2.24) is 9.80 Å². The van der Waals surface area contributed by atoms with Gasteiger partial charge in [0.15, 0.2) is 0 Å². The van der Waals surface area contributed by atoms with Gasteiger partial charge in [0.05, 0.1) is 5.92 Å². The summed E-state index contributed by atoms with van der Waals surface area (Å²) in [5.74, 6) is 1.29. The largest absolute Gasteiger partial charge is 0.345 e.